The molecule has 0 bridgehead atoms. The number of rotatable bonds is 7. The fraction of sp³-hybridized carbons (Fsp3) is 0.250. The zero-order valence-corrected chi connectivity index (χ0v) is 19.8. The Balaban J connectivity index is 1.40. The molecule has 1 atom stereocenters. The van der Waals surface area contributed by atoms with Crippen LogP contribution in [0.5, 0.6) is 11.5 Å². The minimum atomic E-state index is -1.30. The van der Waals surface area contributed by atoms with E-state index in [1.807, 2.05) is 6.07 Å². The first-order chi connectivity index (χ1) is 17.4. The van der Waals surface area contributed by atoms with E-state index in [0.717, 1.165) is 11.1 Å². The molecule has 1 fully saturated rings. The van der Waals surface area contributed by atoms with Crippen molar-refractivity contribution in [3.63, 3.8) is 0 Å². The Morgan fingerprint density at radius 2 is 1.67 bits per heavy atom. The second-order valence-electron chi connectivity index (χ2n) is 9.15. The van der Waals surface area contributed by atoms with Crippen LogP contribution in [0.1, 0.15) is 29.5 Å². The molecular formula is C28H25FN2O5. The van der Waals surface area contributed by atoms with Crippen LogP contribution in [0.2, 0.25) is 0 Å². The van der Waals surface area contributed by atoms with E-state index in [4.69, 9.17) is 9.47 Å². The zero-order chi connectivity index (χ0) is 25.3. The molecule has 0 aliphatic carbocycles. The van der Waals surface area contributed by atoms with Crippen molar-refractivity contribution < 1.29 is 28.2 Å². The Kier molecular flexibility index (Phi) is 6.18. The summed E-state index contributed by atoms with van der Waals surface area (Å²) in [5, 5.41) is 0. The van der Waals surface area contributed by atoms with Gasteiger partial charge in [0, 0.05) is 26.4 Å². The van der Waals surface area contributed by atoms with Gasteiger partial charge in [-0.3, -0.25) is 19.3 Å². The molecule has 184 valence electrons. The topological polar surface area (TPSA) is 76.2 Å². The van der Waals surface area contributed by atoms with Gasteiger partial charge in [0.25, 0.3) is 0 Å². The molecule has 3 aromatic carbocycles. The van der Waals surface area contributed by atoms with Crippen molar-refractivity contribution in [1.82, 2.24) is 9.80 Å². The standard InChI is InChI=1S/C28H25FN2O5/c1-30(16-19-7-10-22(29)11-8-19)25(32)14-28(21-5-3-2-4-6-21)15-26(33)31(27(28)34)17-20-9-12-23-24(13-20)36-18-35-23/h2-13H,14-18H2,1H3. The lowest BCUT2D eigenvalue weighted by Crippen LogP contribution is -2.42. The molecule has 0 aromatic heterocycles. The van der Waals surface area contributed by atoms with Crippen molar-refractivity contribution in [3.8, 4) is 11.5 Å². The van der Waals surface area contributed by atoms with Crippen LogP contribution in [0.15, 0.2) is 72.8 Å². The maximum absolute atomic E-state index is 13.9. The Bertz CT molecular complexity index is 1310. The van der Waals surface area contributed by atoms with Crippen LogP contribution in [0.3, 0.4) is 0 Å². The molecule has 8 heteroatoms. The SMILES string of the molecule is CN(Cc1ccc(F)cc1)C(=O)CC1(c2ccccc2)CC(=O)N(Cc2ccc3c(c2)OCO3)C1=O. The van der Waals surface area contributed by atoms with Crippen LogP contribution in [-0.2, 0) is 32.9 Å². The van der Waals surface area contributed by atoms with Crippen molar-refractivity contribution in [2.45, 2.75) is 31.3 Å². The largest absolute Gasteiger partial charge is 0.454 e. The number of hydrogen-bond donors (Lipinski definition) is 0. The summed E-state index contributed by atoms with van der Waals surface area (Å²) in [5.41, 5.74) is 0.812. The Hall–Kier alpha value is -4.20. The van der Waals surface area contributed by atoms with Gasteiger partial charge in [-0.15, -0.1) is 0 Å². The van der Waals surface area contributed by atoms with Gasteiger partial charge in [0.2, 0.25) is 24.5 Å². The third-order valence-electron chi connectivity index (χ3n) is 6.72. The average molecular weight is 489 g/mol. The first-order valence-corrected chi connectivity index (χ1v) is 11.6. The number of benzene rings is 3. The molecular weight excluding hydrogens is 463 g/mol. The fourth-order valence-electron chi connectivity index (χ4n) is 4.75. The van der Waals surface area contributed by atoms with Crippen LogP contribution in [0.4, 0.5) is 4.39 Å². The second-order valence-corrected chi connectivity index (χ2v) is 9.15. The molecule has 2 aliphatic heterocycles. The third-order valence-corrected chi connectivity index (χ3v) is 6.72. The summed E-state index contributed by atoms with van der Waals surface area (Å²) in [6, 6.07) is 20.2. The summed E-state index contributed by atoms with van der Waals surface area (Å²) in [5.74, 6) is -0.192. The maximum Gasteiger partial charge on any atom is 0.241 e. The lowest BCUT2D eigenvalue weighted by molar-refractivity contribution is -0.143. The number of fused-ring (bicyclic) bond motifs is 1. The van der Waals surface area contributed by atoms with E-state index in [1.54, 1.807) is 61.6 Å². The summed E-state index contributed by atoms with van der Waals surface area (Å²) < 4.78 is 24.0. The van der Waals surface area contributed by atoms with Crippen LogP contribution in [0.25, 0.3) is 0 Å². The van der Waals surface area contributed by atoms with Gasteiger partial charge in [0.1, 0.15) is 5.82 Å². The van der Waals surface area contributed by atoms with E-state index in [-0.39, 0.29) is 50.4 Å². The lowest BCUT2D eigenvalue weighted by Gasteiger charge is -2.29. The van der Waals surface area contributed by atoms with Gasteiger partial charge in [-0.25, -0.2) is 4.39 Å². The first-order valence-electron chi connectivity index (χ1n) is 11.6. The minimum Gasteiger partial charge on any atom is -0.454 e. The van der Waals surface area contributed by atoms with E-state index in [1.165, 1.54) is 21.9 Å². The third kappa shape index (κ3) is 4.42. The summed E-state index contributed by atoms with van der Waals surface area (Å²) in [6.07, 6.45) is -0.257. The van der Waals surface area contributed by atoms with Crippen LogP contribution in [-0.4, -0.2) is 41.4 Å². The van der Waals surface area contributed by atoms with Crippen molar-refractivity contribution in [2.75, 3.05) is 13.8 Å². The normalized spacial score (nSPS) is 18.6. The first kappa shape index (κ1) is 23.5. The molecule has 7 nitrogen and oxygen atoms in total. The van der Waals surface area contributed by atoms with E-state index in [2.05, 4.69) is 0 Å². The monoisotopic (exact) mass is 488 g/mol. The molecule has 2 aliphatic rings. The number of carbonyl (C=O) groups excluding carboxylic acids is 3. The van der Waals surface area contributed by atoms with Crippen molar-refractivity contribution >= 4 is 17.7 Å². The number of ether oxygens (including phenoxy) is 2. The predicted octanol–water partition coefficient (Wildman–Crippen LogP) is 3.80. The van der Waals surface area contributed by atoms with Crippen LogP contribution in [0, 0.1) is 5.82 Å². The highest BCUT2D eigenvalue weighted by molar-refractivity contribution is 6.10. The highest BCUT2D eigenvalue weighted by atomic mass is 19.1. The summed E-state index contributed by atoms with van der Waals surface area (Å²) in [6.45, 7) is 0.459. The number of halogens is 1. The Labute approximate surface area is 208 Å². The van der Waals surface area contributed by atoms with Crippen molar-refractivity contribution in [3.05, 3.63) is 95.3 Å². The number of carbonyl (C=O) groups is 3. The lowest BCUT2D eigenvalue weighted by atomic mass is 9.75. The quantitative estimate of drug-likeness (QED) is 0.473. The molecule has 3 aromatic rings. The van der Waals surface area contributed by atoms with Gasteiger partial charge < -0.3 is 14.4 Å². The average Bonchev–Trinajstić information content (AvgIpc) is 3.44. The van der Waals surface area contributed by atoms with Gasteiger partial charge in [0.05, 0.1) is 12.0 Å². The molecule has 3 amide bonds. The van der Waals surface area contributed by atoms with Crippen molar-refractivity contribution in [1.29, 1.82) is 0 Å². The minimum absolute atomic E-state index is 0.0719. The summed E-state index contributed by atoms with van der Waals surface area (Å²) in [4.78, 5) is 43.1. The molecule has 1 unspecified atom stereocenters. The Morgan fingerprint density at radius 3 is 2.42 bits per heavy atom. The molecule has 2 heterocycles. The van der Waals surface area contributed by atoms with Gasteiger partial charge in [0.15, 0.2) is 11.5 Å². The van der Waals surface area contributed by atoms with E-state index in [0.29, 0.717) is 17.1 Å². The van der Waals surface area contributed by atoms with Crippen LogP contribution >= 0.6 is 0 Å². The van der Waals surface area contributed by atoms with Gasteiger partial charge >= 0.3 is 0 Å². The molecule has 0 spiro atoms. The molecule has 36 heavy (non-hydrogen) atoms. The second kappa shape index (κ2) is 9.45. The molecule has 5 rings (SSSR count). The fourth-order valence-corrected chi connectivity index (χ4v) is 4.75. The molecule has 1 saturated heterocycles. The van der Waals surface area contributed by atoms with E-state index >= 15 is 0 Å². The van der Waals surface area contributed by atoms with Gasteiger partial charge in [-0.1, -0.05) is 48.5 Å². The Morgan fingerprint density at radius 1 is 0.972 bits per heavy atom. The van der Waals surface area contributed by atoms with Crippen LogP contribution < -0.4 is 9.47 Å². The van der Waals surface area contributed by atoms with E-state index in [9.17, 15) is 18.8 Å². The number of hydrogen-bond acceptors (Lipinski definition) is 5. The van der Waals surface area contributed by atoms with Gasteiger partial charge in [-0.05, 0) is 41.0 Å². The predicted molar refractivity (Wildman–Crippen MR) is 128 cm³/mol. The number of likely N-dealkylation sites (tertiary alicyclic amines) is 1. The summed E-state index contributed by atoms with van der Waals surface area (Å²) in [7, 11) is 1.63. The number of nitrogens with zero attached hydrogens (tertiary/aromatic N) is 2. The molecule has 0 N–H and O–H groups in total. The van der Waals surface area contributed by atoms with Crippen molar-refractivity contribution in [2.24, 2.45) is 0 Å². The highest BCUT2D eigenvalue weighted by Crippen LogP contribution is 2.41. The number of imide groups is 1. The zero-order valence-electron chi connectivity index (χ0n) is 19.8. The highest BCUT2D eigenvalue weighted by Gasteiger charge is 2.53. The smallest absolute Gasteiger partial charge is 0.241 e. The summed E-state index contributed by atoms with van der Waals surface area (Å²) >= 11 is 0. The molecule has 0 radical (unpaired) electrons. The maximum atomic E-state index is 13.9. The molecule has 0 saturated carbocycles. The number of amides is 3. The van der Waals surface area contributed by atoms with E-state index < -0.39 is 11.3 Å². The van der Waals surface area contributed by atoms with Gasteiger partial charge in [-0.2, -0.15) is 0 Å².